The average molecular weight is 139 g/mol. The molecular weight excluding hydrogens is 126 g/mol. The number of rotatable bonds is 3. The smallest absolute Gasteiger partial charge is 0.194 e. The van der Waals surface area contributed by atoms with E-state index in [0.717, 1.165) is 12.3 Å². The molecule has 1 aromatic heterocycles. The molecule has 56 valence electrons. The monoisotopic (exact) mass is 139 g/mol. The molecule has 0 N–H and O–H groups in total. The largest absolute Gasteiger partial charge is 0.449 e. The van der Waals surface area contributed by atoms with Crippen LogP contribution in [-0.2, 0) is 6.42 Å². The molecule has 10 heavy (non-hydrogen) atoms. The van der Waals surface area contributed by atoms with Gasteiger partial charge in [0.15, 0.2) is 5.89 Å². The summed E-state index contributed by atoms with van der Waals surface area (Å²) in [5.41, 5.74) is 0. The van der Waals surface area contributed by atoms with Gasteiger partial charge in [0, 0.05) is 6.42 Å². The summed E-state index contributed by atoms with van der Waals surface area (Å²) in [6.45, 7) is 4.37. The molecule has 0 saturated heterocycles. The molecule has 0 aliphatic rings. The van der Waals surface area contributed by atoms with Gasteiger partial charge in [-0.2, -0.15) is 0 Å². The summed E-state index contributed by atoms with van der Waals surface area (Å²) in [6, 6.07) is 0. The molecule has 1 heterocycles. The summed E-state index contributed by atoms with van der Waals surface area (Å²) < 4.78 is 5.09. The van der Waals surface area contributed by atoms with Crippen molar-refractivity contribution in [2.75, 3.05) is 0 Å². The lowest BCUT2D eigenvalue weighted by Gasteiger charge is -2.02. The Morgan fingerprint density at radius 2 is 2.50 bits per heavy atom. The van der Waals surface area contributed by atoms with Crippen LogP contribution in [0.15, 0.2) is 16.9 Å². The predicted octanol–water partition coefficient (Wildman–Crippen LogP) is 2.26. The highest BCUT2D eigenvalue weighted by molar-refractivity contribution is 4.81. The van der Waals surface area contributed by atoms with Gasteiger partial charge in [-0.3, -0.25) is 0 Å². The molecule has 0 aliphatic carbocycles. The van der Waals surface area contributed by atoms with Crippen LogP contribution in [-0.4, -0.2) is 4.98 Å². The van der Waals surface area contributed by atoms with E-state index in [1.165, 1.54) is 6.42 Å². The second-order valence-corrected chi connectivity index (χ2v) is 2.64. The zero-order valence-corrected chi connectivity index (χ0v) is 6.50. The summed E-state index contributed by atoms with van der Waals surface area (Å²) in [6.07, 6.45) is 5.46. The Kier molecular flexibility index (Phi) is 2.49. The second kappa shape index (κ2) is 3.40. The van der Waals surface area contributed by atoms with E-state index in [4.69, 9.17) is 4.42 Å². The third kappa shape index (κ3) is 1.87. The van der Waals surface area contributed by atoms with Crippen LogP contribution in [0.5, 0.6) is 0 Å². The predicted molar refractivity (Wildman–Crippen MR) is 39.7 cm³/mol. The first kappa shape index (κ1) is 7.32. The zero-order chi connectivity index (χ0) is 7.40. The molecule has 0 aromatic carbocycles. The van der Waals surface area contributed by atoms with Crippen molar-refractivity contribution in [3.63, 3.8) is 0 Å². The molecule has 1 unspecified atom stereocenters. The van der Waals surface area contributed by atoms with Crippen LogP contribution in [0.25, 0.3) is 0 Å². The van der Waals surface area contributed by atoms with Crippen LogP contribution in [0.4, 0.5) is 0 Å². The maximum atomic E-state index is 5.09. The molecule has 2 nitrogen and oxygen atoms in total. The van der Waals surface area contributed by atoms with Crippen molar-refractivity contribution in [1.29, 1.82) is 0 Å². The van der Waals surface area contributed by atoms with Crippen LogP contribution < -0.4 is 0 Å². The van der Waals surface area contributed by atoms with Crippen molar-refractivity contribution in [3.8, 4) is 0 Å². The van der Waals surface area contributed by atoms with Gasteiger partial charge in [-0.05, 0) is 5.92 Å². The number of aromatic nitrogens is 1. The number of oxazole rings is 1. The van der Waals surface area contributed by atoms with E-state index in [9.17, 15) is 0 Å². The molecule has 0 amide bonds. The van der Waals surface area contributed by atoms with Crippen LogP contribution in [0, 0.1) is 5.92 Å². The van der Waals surface area contributed by atoms with Gasteiger partial charge < -0.3 is 4.42 Å². The second-order valence-electron chi connectivity index (χ2n) is 2.64. The van der Waals surface area contributed by atoms with E-state index >= 15 is 0 Å². The van der Waals surface area contributed by atoms with Gasteiger partial charge in [0.1, 0.15) is 6.26 Å². The Morgan fingerprint density at radius 3 is 3.00 bits per heavy atom. The minimum absolute atomic E-state index is 0.679. The Balaban J connectivity index is 2.40. The lowest BCUT2D eigenvalue weighted by Crippen LogP contribution is -1.97. The Labute approximate surface area is 61.3 Å². The molecule has 1 rings (SSSR count). The van der Waals surface area contributed by atoms with E-state index in [1.54, 1.807) is 12.5 Å². The molecule has 1 atom stereocenters. The summed E-state index contributed by atoms with van der Waals surface area (Å²) >= 11 is 0. The lowest BCUT2D eigenvalue weighted by atomic mass is 10.1. The Bertz CT molecular complexity index is 169. The van der Waals surface area contributed by atoms with Crippen molar-refractivity contribution in [1.82, 2.24) is 4.98 Å². The van der Waals surface area contributed by atoms with Gasteiger partial charge in [-0.25, -0.2) is 4.98 Å². The molecule has 0 saturated carbocycles. The van der Waals surface area contributed by atoms with Gasteiger partial charge in [0.25, 0.3) is 0 Å². The van der Waals surface area contributed by atoms with E-state index in [0.29, 0.717) is 5.92 Å². The highest BCUT2D eigenvalue weighted by Crippen LogP contribution is 2.08. The number of hydrogen-bond donors (Lipinski definition) is 0. The number of nitrogens with zero attached hydrogens (tertiary/aromatic N) is 1. The van der Waals surface area contributed by atoms with Crippen LogP contribution in [0.1, 0.15) is 26.2 Å². The zero-order valence-electron chi connectivity index (χ0n) is 6.50. The van der Waals surface area contributed by atoms with E-state index < -0.39 is 0 Å². The molecule has 0 aliphatic heterocycles. The highest BCUT2D eigenvalue weighted by Gasteiger charge is 2.03. The first-order valence-corrected chi connectivity index (χ1v) is 3.71. The Morgan fingerprint density at radius 1 is 1.70 bits per heavy atom. The maximum Gasteiger partial charge on any atom is 0.194 e. The van der Waals surface area contributed by atoms with Crippen molar-refractivity contribution >= 4 is 0 Å². The van der Waals surface area contributed by atoms with Gasteiger partial charge in [0.2, 0.25) is 0 Å². The fraction of sp³-hybridized carbons (Fsp3) is 0.625. The summed E-state index contributed by atoms with van der Waals surface area (Å²) in [5, 5.41) is 0. The minimum atomic E-state index is 0.679. The minimum Gasteiger partial charge on any atom is -0.449 e. The molecule has 1 aromatic rings. The third-order valence-corrected chi connectivity index (χ3v) is 1.70. The topological polar surface area (TPSA) is 26.0 Å². The summed E-state index contributed by atoms with van der Waals surface area (Å²) in [5.74, 6) is 1.54. The fourth-order valence-corrected chi connectivity index (χ4v) is 0.796. The fourth-order valence-electron chi connectivity index (χ4n) is 0.796. The van der Waals surface area contributed by atoms with Gasteiger partial charge in [-0.15, -0.1) is 0 Å². The van der Waals surface area contributed by atoms with Crippen molar-refractivity contribution < 1.29 is 4.42 Å². The standard InChI is InChI=1S/C8H13NO/c1-3-7(2)6-8-9-4-5-10-8/h4-5,7H,3,6H2,1-2H3. The molecule has 0 spiro atoms. The molecule has 0 radical (unpaired) electrons. The lowest BCUT2D eigenvalue weighted by molar-refractivity contribution is 0.437. The number of hydrogen-bond acceptors (Lipinski definition) is 2. The van der Waals surface area contributed by atoms with Crippen LogP contribution in [0.2, 0.25) is 0 Å². The van der Waals surface area contributed by atoms with Crippen molar-refractivity contribution in [3.05, 3.63) is 18.4 Å². The van der Waals surface area contributed by atoms with Crippen molar-refractivity contribution in [2.45, 2.75) is 26.7 Å². The first-order valence-electron chi connectivity index (χ1n) is 3.71. The van der Waals surface area contributed by atoms with Crippen molar-refractivity contribution in [2.24, 2.45) is 5.92 Å². The quantitative estimate of drug-likeness (QED) is 0.642. The van der Waals surface area contributed by atoms with E-state index in [-0.39, 0.29) is 0 Å². The van der Waals surface area contributed by atoms with Gasteiger partial charge >= 0.3 is 0 Å². The molecule has 0 fully saturated rings. The van der Waals surface area contributed by atoms with Gasteiger partial charge in [-0.1, -0.05) is 20.3 Å². The molecular formula is C8H13NO. The SMILES string of the molecule is CCC(C)Cc1ncco1. The summed E-state index contributed by atoms with van der Waals surface area (Å²) in [7, 11) is 0. The molecule has 0 bridgehead atoms. The first-order chi connectivity index (χ1) is 4.83. The Hall–Kier alpha value is -0.790. The van der Waals surface area contributed by atoms with Crippen LogP contribution >= 0.6 is 0 Å². The van der Waals surface area contributed by atoms with Crippen LogP contribution in [0.3, 0.4) is 0 Å². The molecule has 2 heteroatoms. The van der Waals surface area contributed by atoms with E-state index in [1.807, 2.05) is 0 Å². The third-order valence-electron chi connectivity index (χ3n) is 1.70. The average Bonchev–Trinajstić information content (AvgIpc) is 2.40. The highest BCUT2D eigenvalue weighted by atomic mass is 16.3. The van der Waals surface area contributed by atoms with E-state index in [2.05, 4.69) is 18.8 Å². The maximum absolute atomic E-state index is 5.09. The summed E-state index contributed by atoms with van der Waals surface area (Å²) in [4.78, 5) is 4.04. The normalized spacial score (nSPS) is 13.4. The van der Waals surface area contributed by atoms with Gasteiger partial charge in [0.05, 0.1) is 6.20 Å².